The zero-order valence-corrected chi connectivity index (χ0v) is 26.5. The first kappa shape index (κ1) is 30.7. The van der Waals surface area contributed by atoms with Crippen LogP contribution in [0.5, 0.6) is 5.75 Å². The second kappa shape index (κ2) is 11.9. The number of hydrogen-bond acceptors (Lipinski definition) is 8. The van der Waals surface area contributed by atoms with E-state index < -0.39 is 23.3 Å². The molecule has 3 saturated heterocycles. The van der Waals surface area contributed by atoms with E-state index in [2.05, 4.69) is 4.90 Å². The number of fused-ring (bicyclic) bond motifs is 1. The predicted molar refractivity (Wildman–Crippen MR) is 168 cm³/mol. The lowest BCUT2D eigenvalue weighted by Crippen LogP contribution is -2.49. The van der Waals surface area contributed by atoms with E-state index in [0.29, 0.717) is 29.9 Å². The maximum absolute atomic E-state index is 13.7. The molecule has 0 bridgehead atoms. The highest BCUT2D eigenvalue weighted by Gasteiger charge is 2.41. The van der Waals surface area contributed by atoms with Crippen molar-refractivity contribution in [2.75, 3.05) is 38.2 Å². The van der Waals surface area contributed by atoms with Crippen LogP contribution in [0.2, 0.25) is 0 Å². The minimum absolute atomic E-state index is 0.124. The zero-order chi connectivity index (χ0) is 31.9. The standard InChI is InChI=1S/C34H42N4O7/c1-33(2,3)45-31(41)36-20-16-34(17-21-36)14-18-35(19-15-34)25-6-5-7-26-29(25)44-32(42)38(26)27-12-13-28(39)37(30(27)40)22-23-8-10-24(43-4)11-9-23/h5-11,27H,12-22H2,1-4H3. The van der Waals surface area contributed by atoms with Crippen LogP contribution in [0.3, 0.4) is 0 Å². The van der Waals surface area contributed by atoms with Gasteiger partial charge in [-0.1, -0.05) is 18.2 Å². The first-order valence-corrected chi connectivity index (χ1v) is 15.8. The third-order valence-corrected chi connectivity index (χ3v) is 9.55. The minimum Gasteiger partial charge on any atom is -0.497 e. The van der Waals surface area contributed by atoms with Gasteiger partial charge in [0, 0.05) is 32.6 Å². The molecule has 0 aliphatic carbocycles. The molecular weight excluding hydrogens is 576 g/mol. The Labute approximate surface area is 262 Å². The fourth-order valence-electron chi connectivity index (χ4n) is 6.94. The normalized spacial score (nSPS) is 20.6. The van der Waals surface area contributed by atoms with E-state index in [1.807, 2.05) is 49.9 Å². The molecule has 240 valence electrons. The summed E-state index contributed by atoms with van der Waals surface area (Å²) in [6.07, 6.45) is 3.97. The Bertz CT molecular complexity index is 1630. The van der Waals surface area contributed by atoms with E-state index in [9.17, 15) is 19.2 Å². The number of piperidine rings is 3. The van der Waals surface area contributed by atoms with Gasteiger partial charge >= 0.3 is 11.8 Å². The fraction of sp³-hybridized carbons (Fsp3) is 0.529. The maximum Gasteiger partial charge on any atom is 0.420 e. The molecule has 0 saturated carbocycles. The van der Waals surface area contributed by atoms with Gasteiger partial charge in [0.25, 0.3) is 5.91 Å². The van der Waals surface area contributed by atoms with Gasteiger partial charge in [0.15, 0.2) is 5.58 Å². The molecule has 3 aromatic rings. The van der Waals surface area contributed by atoms with Crippen LogP contribution in [0.15, 0.2) is 51.7 Å². The fourth-order valence-corrected chi connectivity index (χ4v) is 6.94. The number of para-hydroxylation sites is 1. The quantitative estimate of drug-likeness (QED) is 0.363. The van der Waals surface area contributed by atoms with Gasteiger partial charge in [-0.15, -0.1) is 0 Å². The van der Waals surface area contributed by atoms with Crippen molar-refractivity contribution in [3.63, 3.8) is 0 Å². The van der Waals surface area contributed by atoms with Gasteiger partial charge in [0.1, 0.15) is 17.4 Å². The predicted octanol–water partition coefficient (Wildman–Crippen LogP) is 5.11. The molecule has 1 atom stereocenters. The van der Waals surface area contributed by atoms with Crippen LogP contribution >= 0.6 is 0 Å². The first-order chi connectivity index (χ1) is 21.5. The lowest BCUT2D eigenvalue weighted by Gasteiger charge is -2.47. The number of likely N-dealkylation sites (tertiary alicyclic amines) is 2. The molecule has 6 rings (SSSR count). The molecule has 11 heteroatoms. The number of hydrogen-bond donors (Lipinski definition) is 0. The van der Waals surface area contributed by atoms with Crippen LogP contribution in [0.25, 0.3) is 11.1 Å². The van der Waals surface area contributed by atoms with Crippen molar-refractivity contribution in [2.24, 2.45) is 5.41 Å². The molecule has 3 aliphatic rings. The SMILES string of the molecule is COc1ccc(CN2C(=O)CCC(n3c(=O)oc4c(N5CCC6(CCN(C(=O)OC(C)(C)C)CC6)CC5)cccc43)C2=O)cc1. The minimum atomic E-state index is -0.829. The van der Waals surface area contributed by atoms with Crippen LogP contribution in [-0.4, -0.2) is 71.2 Å². The first-order valence-electron chi connectivity index (χ1n) is 15.8. The highest BCUT2D eigenvalue weighted by atomic mass is 16.6. The summed E-state index contributed by atoms with van der Waals surface area (Å²) >= 11 is 0. The number of amides is 3. The van der Waals surface area contributed by atoms with E-state index in [0.717, 1.165) is 50.0 Å². The number of aromatic nitrogens is 1. The molecule has 3 amide bonds. The van der Waals surface area contributed by atoms with Crippen molar-refractivity contribution >= 4 is 34.7 Å². The monoisotopic (exact) mass is 618 g/mol. The molecule has 3 aliphatic heterocycles. The Morgan fingerprint density at radius 3 is 2.27 bits per heavy atom. The number of imide groups is 1. The smallest absolute Gasteiger partial charge is 0.420 e. The molecule has 0 N–H and O–H groups in total. The molecular formula is C34H42N4O7. The van der Waals surface area contributed by atoms with Gasteiger partial charge in [0.05, 0.1) is 24.9 Å². The number of nitrogens with zero attached hydrogens (tertiary/aromatic N) is 4. The average Bonchev–Trinajstić information content (AvgIpc) is 3.35. The molecule has 1 spiro atoms. The second-order valence-electron chi connectivity index (χ2n) is 13.5. The van der Waals surface area contributed by atoms with Crippen molar-refractivity contribution < 1.29 is 28.3 Å². The number of rotatable bonds is 5. The Kier molecular flexibility index (Phi) is 8.13. The molecule has 2 aromatic carbocycles. The number of oxazole rings is 1. The number of carbonyl (C=O) groups excluding carboxylic acids is 3. The van der Waals surface area contributed by atoms with Crippen LogP contribution in [0.4, 0.5) is 10.5 Å². The van der Waals surface area contributed by atoms with Crippen molar-refractivity contribution in [1.29, 1.82) is 0 Å². The highest BCUT2D eigenvalue weighted by Crippen LogP contribution is 2.43. The van der Waals surface area contributed by atoms with Crippen molar-refractivity contribution in [2.45, 2.75) is 77.5 Å². The van der Waals surface area contributed by atoms with Gasteiger partial charge in [-0.25, -0.2) is 9.59 Å². The summed E-state index contributed by atoms with van der Waals surface area (Å²) in [6, 6.07) is 12.0. The maximum atomic E-state index is 13.7. The number of benzene rings is 2. The van der Waals surface area contributed by atoms with E-state index in [1.54, 1.807) is 25.3 Å². The summed E-state index contributed by atoms with van der Waals surface area (Å²) in [6.45, 7) is 8.75. The van der Waals surface area contributed by atoms with E-state index in [1.165, 1.54) is 9.47 Å². The lowest BCUT2D eigenvalue weighted by atomic mass is 9.71. The summed E-state index contributed by atoms with van der Waals surface area (Å²) < 4.78 is 18.1. The number of ether oxygens (including phenoxy) is 2. The summed E-state index contributed by atoms with van der Waals surface area (Å²) in [4.78, 5) is 57.7. The zero-order valence-electron chi connectivity index (χ0n) is 26.5. The van der Waals surface area contributed by atoms with Crippen LogP contribution in [0.1, 0.15) is 70.9 Å². The molecule has 4 heterocycles. The Morgan fingerprint density at radius 1 is 0.956 bits per heavy atom. The van der Waals surface area contributed by atoms with E-state index in [4.69, 9.17) is 13.9 Å². The molecule has 45 heavy (non-hydrogen) atoms. The van der Waals surface area contributed by atoms with Crippen molar-refractivity contribution in [1.82, 2.24) is 14.4 Å². The molecule has 1 unspecified atom stereocenters. The summed E-state index contributed by atoms with van der Waals surface area (Å²) in [5.41, 5.74) is 2.31. The molecule has 11 nitrogen and oxygen atoms in total. The van der Waals surface area contributed by atoms with Gasteiger partial charge in [-0.3, -0.25) is 19.1 Å². The summed E-state index contributed by atoms with van der Waals surface area (Å²) in [5, 5.41) is 0. The third-order valence-electron chi connectivity index (χ3n) is 9.55. The van der Waals surface area contributed by atoms with E-state index in [-0.39, 0.29) is 36.8 Å². The van der Waals surface area contributed by atoms with Gasteiger partial charge in [-0.05, 0) is 88.1 Å². The summed E-state index contributed by atoms with van der Waals surface area (Å²) in [5.74, 6) is -0.576. The number of anilines is 1. The number of methoxy groups -OCH3 is 1. The molecule has 0 radical (unpaired) electrons. The Hall–Kier alpha value is -4.28. The van der Waals surface area contributed by atoms with Crippen molar-refractivity contribution in [3.05, 3.63) is 58.6 Å². The largest absolute Gasteiger partial charge is 0.497 e. The highest BCUT2D eigenvalue weighted by molar-refractivity contribution is 6.00. The van der Waals surface area contributed by atoms with Crippen LogP contribution < -0.4 is 15.4 Å². The van der Waals surface area contributed by atoms with Gasteiger partial charge < -0.3 is 23.7 Å². The Morgan fingerprint density at radius 2 is 1.62 bits per heavy atom. The third kappa shape index (κ3) is 6.17. The van der Waals surface area contributed by atoms with Crippen molar-refractivity contribution in [3.8, 4) is 5.75 Å². The Balaban J connectivity index is 1.16. The van der Waals surface area contributed by atoms with Gasteiger partial charge in [0.2, 0.25) is 5.91 Å². The van der Waals surface area contributed by atoms with Gasteiger partial charge in [-0.2, -0.15) is 0 Å². The topological polar surface area (TPSA) is 115 Å². The second-order valence-corrected chi connectivity index (χ2v) is 13.5. The average molecular weight is 619 g/mol. The van der Waals surface area contributed by atoms with Crippen LogP contribution in [0, 0.1) is 5.41 Å². The summed E-state index contributed by atoms with van der Waals surface area (Å²) in [7, 11) is 1.58. The van der Waals surface area contributed by atoms with Crippen LogP contribution in [-0.2, 0) is 20.9 Å². The molecule has 1 aromatic heterocycles. The lowest BCUT2D eigenvalue weighted by molar-refractivity contribution is -0.151. The number of carbonyl (C=O) groups is 3. The molecule has 3 fully saturated rings. The van der Waals surface area contributed by atoms with E-state index >= 15 is 0 Å².